The minimum atomic E-state index is -1.04. The first kappa shape index (κ1) is 15.3. The highest BCUT2D eigenvalue weighted by Gasteiger charge is 2.45. The zero-order valence-corrected chi connectivity index (χ0v) is 13.2. The van der Waals surface area contributed by atoms with Crippen molar-refractivity contribution in [2.45, 2.75) is 44.4 Å². The van der Waals surface area contributed by atoms with E-state index in [1.54, 1.807) is 6.92 Å². The lowest BCUT2D eigenvalue weighted by atomic mass is 9.68. The van der Waals surface area contributed by atoms with E-state index in [4.69, 9.17) is 4.74 Å². The van der Waals surface area contributed by atoms with Crippen molar-refractivity contribution in [2.75, 3.05) is 7.11 Å². The molecule has 0 saturated heterocycles. The van der Waals surface area contributed by atoms with Crippen LogP contribution in [0.1, 0.15) is 43.2 Å². The van der Waals surface area contributed by atoms with Crippen molar-refractivity contribution in [3.8, 4) is 5.75 Å². The molecule has 0 spiro atoms. The quantitative estimate of drug-likeness (QED) is 0.894. The average Bonchev–Trinajstić information content (AvgIpc) is 2.43. The Morgan fingerprint density at radius 3 is 2.50 bits per heavy atom. The van der Waals surface area contributed by atoms with Gasteiger partial charge in [0.05, 0.1) is 12.5 Å². The van der Waals surface area contributed by atoms with Gasteiger partial charge in [0.15, 0.2) is 11.6 Å². The van der Waals surface area contributed by atoms with Crippen LogP contribution in [0.3, 0.4) is 0 Å². The van der Waals surface area contributed by atoms with Crippen LogP contribution in [0.2, 0.25) is 0 Å². The standard InChI is InChI=1S/C15H18BrFO3/c1-9-10(16)8-11(17)13(20-2)12(9)15(14(18)19)6-4-3-5-7-15/h8H,3-7H2,1-2H3,(H,18,19). The highest BCUT2D eigenvalue weighted by atomic mass is 79.9. The Balaban J connectivity index is 2.73. The highest BCUT2D eigenvalue weighted by molar-refractivity contribution is 9.10. The summed E-state index contributed by atoms with van der Waals surface area (Å²) >= 11 is 3.31. The van der Waals surface area contributed by atoms with Gasteiger partial charge in [0.25, 0.3) is 0 Å². The molecule has 0 aliphatic heterocycles. The lowest BCUT2D eigenvalue weighted by Gasteiger charge is -2.36. The van der Waals surface area contributed by atoms with Crippen LogP contribution in [0.4, 0.5) is 4.39 Å². The number of halogens is 2. The molecule has 1 aromatic carbocycles. The largest absolute Gasteiger partial charge is 0.493 e. The fourth-order valence-corrected chi connectivity index (χ4v) is 3.60. The van der Waals surface area contributed by atoms with E-state index in [1.165, 1.54) is 13.2 Å². The zero-order chi connectivity index (χ0) is 14.9. The average molecular weight is 345 g/mol. The van der Waals surface area contributed by atoms with E-state index in [2.05, 4.69) is 15.9 Å². The number of carbonyl (C=O) groups is 1. The lowest BCUT2D eigenvalue weighted by Crippen LogP contribution is -2.39. The summed E-state index contributed by atoms with van der Waals surface area (Å²) in [4.78, 5) is 11.9. The maximum absolute atomic E-state index is 14.1. The van der Waals surface area contributed by atoms with Crippen molar-refractivity contribution in [1.82, 2.24) is 0 Å². The molecule has 1 aromatic rings. The molecule has 0 radical (unpaired) electrons. The van der Waals surface area contributed by atoms with Gasteiger partial charge in [-0.3, -0.25) is 4.79 Å². The molecule has 20 heavy (non-hydrogen) atoms. The molecule has 3 nitrogen and oxygen atoms in total. The molecule has 0 unspecified atom stereocenters. The first-order valence-corrected chi connectivity index (χ1v) is 7.50. The smallest absolute Gasteiger partial charge is 0.314 e. The Morgan fingerprint density at radius 1 is 1.40 bits per heavy atom. The van der Waals surface area contributed by atoms with E-state index in [0.717, 1.165) is 24.8 Å². The minimum absolute atomic E-state index is 0.0648. The second kappa shape index (κ2) is 5.72. The minimum Gasteiger partial charge on any atom is -0.493 e. The summed E-state index contributed by atoms with van der Waals surface area (Å²) in [5.41, 5.74) is 0.185. The number of benzene rings is 1. The second-order valence-corrected chi connectivity index (χ2v) is 6.18. The SMILES string of the molecule is COc1c(F)cc(Br)c(C)c1C1(C(=O)O)CCCCC1. The molecule has 1 N–H and O–H groups in total. The molecule has 110 valence electrons. The van der Waals surface area contributed by atoms with E-state index in [1.807, 2.05) is 0 Å². The molecule has 1 aliphatic carbocycles. The van der Waals surface area contributed by atoms with Crippen LogP contribution in [-0.2, 0) is 10.2 Å². The van der Waals surface area contributed by atoms with Gasteiger partial charge in [-0.2, -0.15) is 0 Å². The molecule has 5 heteroatoms. The highest BCUT2D eigenvalue weighted by Crippen LogP contribution is 2.47. The van der Waals surface area contributed by atoms with Crippen LogP contribution in [0.25, 0.3) is 0 Å². The maximum atomic E-state index is 14.1. The Kier molecular flexibility index (Phi) is 4.37. The first-order chi connectivity index (χ1) is 9.44. The fraction of sp³-hybridized carbons (Fsp3) is 0.533. The molecule has 1 fully saturated rings. The van der Waals surface area contributed by atoms with E-state index >= 15 is 0 Å². The lowest BCUT2D eigenvalue weighted by molar-refractivity contribution is -0.145. The zero-order valence-electron chi connectivity index (χ0n) is 11.6. The van der Waals surface area contributed by atoms with Gasteiger partial charge in [-0.05, 0) is 31.4 Å². The first-order valence-electron chi connectivity index (χ1n) is 6.70. The van der Waals surface area contributed by atoms with Crippen molar-refractivity contribution < 1.29 is 19.0 Å². The predicted molar refractivity (Wildman–Crippen MR) is 77.8 cm³/mol. The van der Waals surface area contributed by atoms with Crippen molar-refractivity contribution in [1.29, 1.82) is 0 Å². The van der Waals surface area contributed by atoms with Crippen LogP contribution in [-0.4, -0.2) is 18.2 Å². The van der Waals surface area contributed by atoms with Gasteiger partial charge in [0, 0.05) is 10.0 Å². The van der Waals surface area contributed by atoms with Gasteiger partial charge in [0.1, 0.15) is 0 Å². The summed E-state index contributed by atoms with van der Waals surface area (Å²) in [6, 6.07) is 1.33. The van der Waals surface area contributed by atoms with Crippen LogP contribution in [0.15, 0.2) is 10.5 Å². The molecule has 1 aliphatic rings. The summed E-state index contributed by atoms with van der Waals surface area (Å²) in [5.74, 6) is -1.35. The van der Waals surface area contributed by atoms with E-state index < -0.39 is 17.2 Å². The summed E-state index contributed by atoms with van der Waals surface area (Å²) in [6.45, 7) is 1.81. The van der Waals surface area contributed by atoms with Gasteiger partial charge in [-0.15, -0.1) is 0 Å². The molecule has 0 heterocycles. The van der Waals surface area contributed by atoms with Gasteiger partial charge in [-0.25, -0.2) is 4.39 Å². The Labute approximate surface area is 126 Å². The molecule has 1 saturated carbocycles. The van der Waals surface area contributed by atoms with E-state index in [-0.39, 0.29) is 5.75 Å². The Bertz CT molecular complexity index is 536. The van der Waals surface area contributed by atoms with Crippen LogP contribution >= 0.6 is 15.9 Å². The monoisotopic (exact) mass is 344 g/mol. The molecule has 0 atom stereocenters. The summed E-state index contributed by atoms with van der Waals surface area (Å²) < 4.78 is 19.9. The molecule has 2 rings (SSSR count). The third kappa shape index (κ3) is 2.32. The molecule has 0 bridgehead atoms. The number of rotatable bonds is 3. The van der Waals surface area contributed by atoms with Gasteiger partial charge < -0.3 is 9.84 Å². The van der Waals surface area contributed by atoms with Crippen LogP contribution in [0.5, 0.6) is 5.75 Å². The summed E-state index contributed by atoms with van der Waals surface area (Å²) in [6.07, 6.45) is 3.74. The summed E-state index contributed by atoms with van der Waals surface area (Å²) in [5, 5.41) is 9.78. The van der Waals surface area contributed by atoms with Gasteiger partial charge >= 0.3 is 5.97 Å². The fourth-order valence-electron chi connectivity index (χ4n) is 3.20. The van der Waals surface area contributed by atoms with Crippen molar-refractivity contribution in [3.05, 3.63) is 27.5 Å². The Morgan fingerprint density at radius 2 is 2.00 bits per heavy atom. The molecule has 0 aromatic heterocycles. The summed E-state index contributed by atoms with van der Waals surface area (Å²) in [7, 11) is 1.38. The second-order valence-electron chi connectivity index (χ2n) is 5.32. The topological polar surface area (TPSA) is 46.5 Å². The third-order valence-electron chi connectivity index (χ3n) is 4.23. The van der Waals surface area contributed by atoms with E-state index in [9.17, 15) is 14.3 Å². The van der Waals surface area contributed by atoms with Gasteiger partial charge in [0.2, 0.25) is 0 Å². The van der Waals surface area contributed by atoms with E-state index in [0.29, 0.717) is 22.9 Å². The van der Waals surface area contributed by atoms with Crippen molar-refractivity contribution >= 4 is 21.9 Å². The van der Waals surface area contributed by atoms with Gasteiger partial charge in [-0.1, -0.05) is 35.2 Å². The number of hydrogen-bond acceptors (Lipinski definition) is 2. The number of hydrogen-bond donors (Lipinski definition) is 1. The Hall–Kier alpha value is -1.10. The van der Waals surface area contributed by atoms with Crippen LogP contribution < -0.4 is 4.74 Å². The van der Waals surface area contributed by atoms with Crippen molar-refractivity contribution in [2.24, 2.45) is 0 Å². The number of aliphatic carboxylic acids is 1. The normalized spacial score (nSPS) is 17.8. The van der Waals surface area contributed by atoms with Crippen LogP contribution in [0, 0.1) is 12.7 Å². The number of ether oxygens (including phenoxy) is 1. The molecular weight excluding hydrogens is 327 g/mol. The molecular formula is C15H18BrFO3. The number of carboxylic acid groups (broad SMARTS) is 1. The number of methoxy groups -OCH3 is 1. The number of carboxylic acids is 1. The van der Waals surface area contributed by atoms with Crippen molar-refractivity contribution in [3.63, 3.8) is 0 Å². The third-order valence-corrected chi connectivity index (χ3v) is 5.05. The maximum Gasteiger partial charge on any atom is 0.314 e. The predicted octanol–water partition coefficient (Wildman–Crippen LogP) is 4.19. The molecule has 0 amide bonds.